The third kappa shape index (κ3) is 3.52. The molecule has 0 unspecified atom stereocenters. The van der Waals surface area contributed by atoms with Crippen LogP contribution in [-0.2, 0) is 0 Å². The molecular weight excluding hydrogens is 423 g/mol. The minimum absolute atomic E-state index is 0.336. The second kappa shape index (κ2) is 6.43. The molecule has 2 rings (SSSR count). The van der Waals surface area contributed by atoms with Crippen LogP contribution < -0.4 is 11.1 Å². The summed E-state index contributed by atoms with van der Waals surface area (Å²) in [5.74, 6) is 0. The maximum Gasteiger partial charge on any atom is 0.106 e. The van der Waals surface area contributed by atoms with Gasteiger partial charge in [-0.15, -0.1) is 0 Å². The molecule has 20 heavy (non-hydrogen) atoms. The maximum atomic E-state index is 6.16. The zero-order valence-corrected chi connectivity index (χ0v) is 15.3. The van der Waals surface area contributed by atoms with E-state index in [1.165, 1.54) is 0 Å². The zero-order valence-electron chi connectivity index (χ0n) is 10.5. The molecule has 0 amide bonds. The van der Waals surface area contributed by atoms with Crippen LogP contribution >= 0.6 is 55.7 Å². The number of thiocarbonyl (C=S) groups is 1. The summed E-state index contributed by atoms with van der Waals surface area (Å²) in [4.78, 5) is 0.336. The third-order valence-electron chi connectivity index (χ3n) is 2.76. The normalized spacial score (nSPS) is 10.4. The molecule has 2 aromatic carbocycles. The highest BCUT2D eigenvalue weighted by Gasteiger charge is 2.09. The molecular formula is C14H11Br2ClN2S. The summed E-state index contributed by atoms with van der Waals surface area (Å²) < 4.78 is 1.85. The van der Waals surface area contributed by atoms with Crippen molar-refractivity contribution in [3.63, 3.8) is 0 Å². The Morgan fingerprint density at radius 1 is 1.20 bits per heavy atom. The number of anilines is 2. The number of benzene rings is 2. The van der Waals surface area contributed by atoms with Gasteiger partial charge in [-0.3, -0.25) is 0 Å². The molecule has 2 nitrogen and oxygen atoms in total. The lowest BCUT2D eigenvalue weighted by molar-refractivity contribution is 1.42. The fourth-order valence-corrected chi connectivity index (χ4v) is 2.97. The molecule has 0 heterocycles. The molecule has 0 aliphatic heterocycles. The van der Waals surface area contributed by atoms with Gasteiger partial charge in [-0.05, 0) is 58.7 Å². The SMILES string of the molecule is Cc1cc(Br)c(Nc2ccc(Br)cc2C(N)=S)cc1Cl. The van der Waals surface area contributed by atoms with Crippen LogP contribution in [0.25, 0.3) is 0 Å². The van der Waals surface area contributed by atoms with E-state index in [4.69, 9.17) is 29.6 Å². The number of nitrogens with two attached hydrogens (primary N) is 1. The second-order valence-electron chi connectivity index (χ2n) is 4.26. The quantitative estimate of drug-likeness (QED) is 0.622. The summed E-state index contributed by atoms with van der Waals surface area (Å²) >= 11 is 18.2. The first-order valence-corrected chi connectivity index (χ1v) is 8.07. The molecule has 0 saturated heterocycles. The molecule has 3 N–H and O–H groups in total. The minimum Gasteiger partial charge on any atom is -0.389 e. The van der Waals surface area contributed by atoms with E-state index < -0.39 is 0 Å². The summed E-state index contributed by atoms with van der Waals surface area (Å²) in [5, 5.41) is 4.00. The first kappa shape index (κ1) is 15.8. The van der Waals surface area contributed by atoms with Gasteiger partial charge in [0, 0.05) is 25.2 Å². The average Bonchev–Trinajstić information content (AvgIpc) is 2.37. The number of aryl methyl sites for hydroxylation is 1. The van der Waals surface area contributed by atoms with Crippen LogP contribution in [0.4, 0.5) is 11.4 Å². The van der Waals surface area contributed by atoms with Crippen molar-refractivity contribution in [1.29, 1.82) is 0 Å². The van der Waals surface area contributed by atoms with Crippen molar-refractivity contribution in [2.24, 2.45) is 5.73 Å². The van der Waals surface area contributed by atoms with E-state index in [1.807, 2.05) is 37.3 Å². The molecule has 0 spiro atoms. The Kier molecular flexibility index (Phi) is 5.07. The second-order valence-corrected chi connectivity index (χ2v) is 6.88. The van der Waals surface area contributed by atoms with Gasteiger partial charge in [0.1, 0.15) is 4.99 Å². The van der Waals surface area contributed by atoms with Crippen molar-refractivity contribution < 1.29 is 0 Å². The van der Waals surface area contributed by atoms with Gasteiger partial charge in [0.15, 0.2) is 0 Å². The van der Waals surface area contributed by atoms with Crippen LogP contribution in [0.2, 0.25) is 5.02 Å². The summed E-state index contributed by atoms with van der Waals surface area (Å²) in [6.45, 7) is 1.96. The fraction of sp³-hybridized carbons (Fsp3) is 0.0714. The van der Waals surface area contributed by atoms with E-state index in [-0.39, 0.29) is 0 Å². The van der Waals surface area contributed by atoms with Crippen molar-refractivity contribution in [3.8, 4) is 0 Å². The first-order chi connectivity index (χ1) is 9.38. The number of halogens is 3. The molecule has 2 aromatic rings. The van der Waals surface area contributed by atoms with Gasteiger partial charge in [-0.2, -0.15) is 0 Å². The van der Waals surface area contributed by atoms with Crippen LogP contribution in [0.1, 0.15) is 11.1 Å². The van der Waals surface area contributed by atoms with Crippen LogP contribution in [0.5, 0.6) is 0 Å². The summed E-state index contributed by atoms with van der Waals surface area (Å²) in [7, 11) is 0. The Hall–Kier alpha value is -0.620. The van der Waals surface area contributed by atoms with Crippen molar-refractivity contribution in [3.05, 3.63) is 55.4 Å². The highest BCUT2D eigenvalue weighted by atomic mass is 79.9. The fourth-order valence-electron chi connectivity index (χ4n) is 1.72. The maximum absolute atomic E-state index is 6.16. The molecule has 0 aliphatic carbocycles. The predicted molar refractivity (Wildman–Crippen MR) is 97.2 cm³/mol. The highest BCUT2D eigenvalue weighted by molar-refractivity contribution is 9.10. The van der Waals surface area contributed by atoms with Crippen molar-refractivity contribution in [2.75, 3.05) is 5.32 Å². The number of nitrogens with one attached hydrogen (secondary N) is 1. The van der Waals surface area contributed by atoms with Crippen molar-refractivity contribution in [2.45, 2.75) is 6.92 Å². The number of hydrogen-bond acceptors (Lipinski definition) is 2. The molecule has 0 bridgehead atoms. The molecule has 0 saturated carbocycles. The Bertz CT molecular complexity index is 689. The lowest BCUT2D eigenvalue weighted by atomic mass is 10.1. The van der Waals surface area contributed by atoms with Gasteiger partial charge in [0.2, 0.25) is 0 Å². The Morgan fingerprint density at radius 3 is 2.55 bits per heavy atom. The standard InChI is InChI=1S/C14H11Br2ClN2S/c1-7-4-10(16)13(6-11(7)17)19-12-3-2-8(15)5-9(12)14(18)20/h2-6,19H,1H3,(H2,18,20). The molecule has 0 radical (unpaired) electrons. The largest absolute Gasteiger partial charge is 0.389 e. The van der Waals surface area contributed by atoms with E-state index in [2.05, 4.69) is 37.2 Å². The molecule has 104 valence electrons. The molecule has 0 aliphatic rings. The summed E-state index contributed by atoms with van der Waals surface area (Å²) in [6, 6.07) is 9.55. The predicted octanol–water partition coefficient (Wildman–Crippen LogP) is 5.55. The van der Waals surface area contributed by atoms with Gasteiger partial charge in [-0.1, -0.05) is 39.7 Å². The summed E-state index contributed by atoms with van der Waals surface area (Å²) in [6.07, 6.45) is 0. The van der Waals surface area contributed by atoms with Crippen molar-refractivity contribution in [1.82, 2.24) is 0 Å². The Balaban J connectivity index is 2.45. The van der Waals surface area contributed by atoms with E-state index in [9.17, 15) is 0 Å². The van der Waals surface area contributed by atoms with Crippen LogP contribution in [0.15, 0.2) is 39.3 Å². The van der Waals surface area contributed by atoms with Gasteiger partial charge >= 0.3 is 0 Å². The van der Waals surface area contributed by atoms with Gasteiger partial charge in [0.05, 0.1) is 5.69 Å². The number of hydrogen-bond donors (Lipinski definition) is 2. The van der Waals surface area contributed by atoms with Crippen molar-refractivity contribution >= 4 is 72.0 Å². The lowest BCUT2D eigenvalue weighted by Gasteiger charge is -2.14. The van der Waals surface area contributed by atoms with E-state index in [0.29, 0.717) is 10.0 Å². The monoisotopic (exact) mass is 432 g/mol. The highest BCUT2D eigenvalue weighted by Crippen LogP contribution is 2.33. The van der Waals surface area contributed by atoms with Gasteiger partial charge in [-0.25, -0.2) is 0 Å². The topological polar surface area (TPSA) is 38.0 Å². The molecule has 0 aromatic heterocycles. The minimum atomic E-state index is 0.336. The zero-order chi connectivity index (χ0) is 14.9. The first-order valence-electron chi connectivity index (χ1n) is 5.70. The molecule has 0 fully saturated rings. The van der Waals surface area contributed by atoms with Crippen LogP contribution in [-0.4, -0.2) is 4.99 Å². The van der Waals surface area contributed by atoms with Crippen LogP contribution in [0, 0.1) is 6.92 Å². The lowest BCUT2D eigenvalue weighted by Crippen LogP contribution is -2.12. The Labute approximate surface area is 145 Å². The van der Waals surface area contributed by atoms with Crippen LogP contribution in [0.3, 0.4) is 0 Å². The molecule has 6 heteroatoms. The van der Waals surface area contributed by atoms with Gasteiger partial charge in [0.25, 0.3) is 0 Å². The number of rotatable bonds is 3. The van der Waals surface area contributed by atoms with Gasteiger partial charge < -0.3 is 11.1 Å². The van der Waals surface area contributed by atoms with E-state index in [0.717, 1.165) is 31.4 Å². The smallest absolute Gasteiger partial charge is 0.106 e. The average molecular weight is 435 g/mol. The molecule has 0 atom stereocenters. The van der Waals surface area contributed by atoms with E-state index >= 15 is 0 Å². The summed E-state index contributed by atoms with van der Waals surface area (Å²) in [5.41, 5.74) is 9.24. The third-order valence-corrected chi connectivity index (χ3v) is 4.54. The van der Waals surface area contributed by atoms with E-state index in [1.54, 1.807) is 0 Å². The Morgan fingerprint density at radius 2 is 1.90 bits per heavy atom.